The first-order valence-corrected chi connectivity index (χ1v) is 9.38. The molecule has 0 aliphatic carbocycles. The lowest BCUT2D eigenvalue weighted by Crippen LogP contribution is -2.27. The Balaban J connectivity index is 1.60. The monoisotopic (exact) mass is 363 g/mol. The minimum absolute atomic E-state index is 0.730. The molecule has 132 valence electrons. The molecule has 5 nitrogen and oxygen atoms in total. The molecule has 26 heavy (non-hydrogen) atoms. The van der Waals surface area contributed by atoms with Crippen LogP contribution in [0.2, 0.25) is 0 Å². The Morgan fingerprint density at radius 3 is 2.88 bits per heavy atom. The molecule has 0 radical (unpaired) electrons. The molecule has 6 heteroatoms. The molecule has 0 unspecified atom stereocenters. The number of thioether (sulfide) groups is 1. The number of hydrazone groups is 1. The maximum Gasteiger partial charge on any atom is 0.127 e. The van der Waals surface area contributed by atoms with Crippen molar-refractivity contribution in [2.75, 3.05) is 12.3 Å². The van der Waals surface area contributed by atoms with Gasteiger partial charge in [-0.05, 0) is 53.8 Å². The lowest BCUT2D eigenvalue weighted by atomic mass is 10.1. The SMILES string of the molecule is C=Cc1cnccc1/C=C(\C)C1=NNC(=NCCc2cccnc2)CS1. The van der Waals surface area contributed by atoms with Crippen molar-refractivity contribution in [3.63, 3.8) is 0 Å². The van der Waals surface area contributed by atoms with Crippen LogP contribution in [0.1, 0.15) is 23.6 Å². The van der Waals surface area contributed by atoms with E-state index in [9.17, 15) is 0 Å². The second-order valence-corrected chi connectivity index (χ2v) is 6.76. The quantitative estimate of drug-likeness (QED) is 0.848. The smallest absolute Gasteiger partial charge is 0.127 e. The first-order chi connectivity index (χ1) is 12.8. The highest BCUT2D eigenvalue weighted by molar-refractivity contribution is 8.15. The molecule has 0 atom stereocenters. The highest BCUT2D eigenvalue weighted by Gasteiger charge is 2.12. The normalized spacial score (nSPS) is 16.1. The summed E-state index contributed by atoms with van der Waals surface area (Å²) in [5, 5.41) is 5.44. The summed E-state index contributed by atoms with van der Waals surface area (Å²) in [6.07, 6.45) is 12.1. The average Bonchev–Trinajstić information content (AvgIpc) is 2.70. The van der Waals surface area contributed by atoms with Crippen molar-refractivity contribution in [3.05, 3.63) is 71.8 Å². The minimum Gasteiger partial charge on any atom is -0.270 e. The molecule has 1 N–H and O–H groups in total. The van der Waals surface area contributed by atoms with Crippen molar-refractivity contribution in [2.24, 2.45) is 10.1 Å². The van der Waals surface area contributed by atoms with Gasteiger partial charge >= 0.3 is 0 Å². The van der Waals surface area contributed by atoms with Crippen LogP contribution in [0.15, 0.2) is 65.2 Å². The highest BCUT2D eigenvalue weighted by atomic mass is 32.2. The maximum absolute atomic E-state index is 4.59. The van der Waals surface area contributed by atoms with Gasteiger partial charge in [0.2, 0.25) is 0 Å². The predicted octanol–water partition coefficient (Wildman–Crippen LogP) is 3.81. The Kier molecular flexibility index (Phi) is 6.33. The fraction of sp³-hybridized carbons (Fsp3) is 0.200. The van der Waals surface area contributed by atoms with Gasteiger partial charge in [-0.2, -0.15) is 5.10 Å². The van der Waals surface area contributed by atoms with E-state index in [-0.39, 0.29) is 0 Å². The first-order valence-electron chi connectivity index (χ1n) is 8.40. The van der Waals surface area contributed by atoms with E-state index in [1.165, 1.54) is 5.56 Å². The fourth-order valence-corrected chi connectivity index (χ4v) is 3.31. The average molecular weight is 363 g/mol. The van der Waals surface area contributed by atoms with E-state index in [1.807, 2.05) is 30.6 Å². The van der Waals surface area contributed by atoms with Crippen LogP contribution in [-0.2, 0) is 6.42 Å². The molecule has 3 rings (SSSR count). The van der Waals surface area contributed by atoms with E-state index in [0.29, 0.717) is 0 Å². The van der Waals surface area contributed by atoms with E-state index < -0.39 is 0 Å². The zero-order valence-corrected chi connectivity index (χ0v) is 15.5. The van der Waals surface area contributed by atoms with Gasteiger partial charge in [-0.3, -0.25) is 20.4 Å². The molecule has 0 saturated carbocycles. The van der Waals surface area contributed by atoms with Crippen LogP contribution < -0.4 is 5.43 Å². The van der Waals surface area contributed by atoms with Crippen LogP contribution in [0.3, 0.4) is 0 Å². The van der Waals surface area contributed by atoms with Gasteiger partial charge in [0, 0.05) is 31.3 Å². The minimum atomic E-state index is 0.730. The van der Waals surface area contributed by atoms with E-state index in [2.05, 4.69) is 51.1 Å². The molecule has 0 amide bonds. The Morgan fingerprint density at radius 1 is 1.27 bits per heavy atom. The van der Waals surface area contributed by atoms with E-state index in [1.54, 1.807) is 24.2 Å². The molecule has 0 saturated heterocycles. The van der Waals surface area contributed by atoms with Gasteiger partial charge in [-0.1, -0.05) is 30.5 Å². The summed E-state index contributed by atoms with van der Waals surface area (Å²) in [6.45, 7) is 6.63. The molecule has 3 heterocycles. The molecular weight excluding hydrogens is 342 g/mol. The van der Waals surface area contributed by atoms with Gasteiger partial charge in [0.25, 0.3) is 0 Å². The zero-order valence-electron chi connectivity index (χ0n) is 14.7. The number of aromatic nitrogens is 2. The van der Waals surface area contributed by atoms with Crippen molar-refractivity contribution in [2.45, 2.75) is 13.3 Å². The molecule has 1 aliphatic heterocycles. The molecule has 2 aromatic rings. The fourth-order valence-electron chi connectivity index (χ4n) is 2.48. The van der Waals surface area contributed by atoms with Gasteiger partial charge in [0.15, 0.2) is 0 Å². The third-order valence-corrected chi connectivity index (χ3v) is 4.98. The third kappa shape index (κ3) is 4.89. The number of rotatable bonds is 6. The summed E-state index contributed by atoms with van der Waals surface area (Å²) < 4.78 is 0. The molecule has 0 bridgehead atoms. The summed E-state index contributed by atoms with van der Waals surface area (Å²) >= 11 is 1.69. The van der Waals surface area contributed by atoms with Crippen LogP contribution >= 0.6 is 11.8 Å². The molecule has 0 fully saturated rings. The van der Waals surface area contributed by atoms with Crippen molar-refractivity contribution >= 4 is 34.8 Å². The number of nitrogens with zero attached hydrogens (tertiary/aromatic N) is 4. The van der Waals surface area contributed by atoms with Crippen LogP contribution in [0.5, 0.6) is 0 Å². The number of aliphatic imine (C=N–C) groups is 1. The second-order valence-electron chi connectivity index (χ2n) is 5.79. The Hall–Kier alpha value is -2.73. The largest absolute Gasteiger partial charge is 0.270 e. The van der Waals surface area contributed by atoms with E-state index >= 15 is 0 Å². The number of hydrogen-bond acceptors (Lipinski definition) is 5. The number of hydrogen-bond donors (Lipinski definition) is 1. The zero-order chi connectivity index (χ0) is 18.2. The maximum atomic E-state index is 4.59. The van der Waals surface area contributed by atoms with Crippen molar-refractivity contribution < 1.29 is 0 Å². The Bertz CT molecular complexity index is 856. The summed E-state index contributed by atoms with van der Waals surface area (Å²) in [5.41, 5.74) is 7.48. The summed E-state index contributed by atoms with van der Waals surface area (Å²) in [6, 6.07) is 5.99. The van der Waals surface area contributed by atoms with Crippen LogP contribution in [0.4, 0.5) is 0 Å². The number of pyridine rings is 2. The predicted molar refractivity (Wildman–Crippen MR) is 111 cm³/mol. The van der Waals surface area contributed by atoms with Crippen molar-refractivity contribution in [1.82, 2.24) is 15.4 Å². The number of amidine groups is 1. The lowest BCUT2D eigenvalue weighted by molar-refractivity contribution is 0.923. The van der Waals surface area contributed by atoms with Gasteiger partial charge in [-0.15, -0.1) is 0 Å². The van der Waals surface area contributed by atoms with Crippen LogP contribution in [0.25, 0.3) is 12.2 Å². The second kappa shape index (κ2) is 9.10. The van der Waals surface area contributed by atoms with Gasteiger partial charge < -0.3 is 0 Å². The van der Waals surface area contributed by atoms with Crippen LogP contribution in [-0.4, -0.2) is 33.1 Å². The molecule has 2 aromatic heterocycles. The lowest BCUT2D eigenvalue weighted by Gasteiger charge is -2.15. The van der Waals surface area contributed by atoms with Crippen molar-refractivity contribution in [1.29, 1.82) is 0 Å². The highest BCUT2D eigenvalue weighted by Crippen LogP contribution is 2.20. The standard InChI is InChI=1S/C20H21N5S/c1-3-17-13-22-9-7-18(17)11-15(2)20-25-24-19(14-26-20)23-10-6-16-5-4-8-21-12-16/h3-5,7-9,11-13H,1,6,10,14H2,2H3,(H,23,24)/b15-11+. The first kappa shape index (κ1) is 18.1. The summed E-state index contributed by atoms with van der Waals surface area (Å²) in [7, 11) is 0. The van der Waals surface area contributed by atoms with Crippen molar-refractivity contribution in [3.8, 4) is 0 Å². The van der Waals surface area contributed by atoms with Gasteiger partial charge in [0.1, 0.15) is 10.9 Å². The molecular formula is C20H21N5S. The third-order valence-electron chi connectivity index (χ3n) is 3.87. The summed E-state index contributed by atoms with van der Waals surface area (Å²) in [4.78, 5) is 12.8. The summed E-state index contributed by atoms with van der Waals surface area (Å²) in [5.74, 6) is 1.70. The molecule has 0 aromatic carbocycles. The van der Waals surface area contributed by atoms with E-state index in [0.717, 1.165) is 46.3 Å². The Morgan fingerprint density at radius 2 is 2.15 bits per heavy atom. The van der Waals surface area contributed by atoms with E-state index in [4.69, 9.17) is 0 Å². The molecule has 0 spiro atoms. The van der Waals surface area contributed by atoms with Crippen LogP contribution in [0, 0.1) is 0 Å². The topological polar surface area (TPSA) is 62.5 Å². The molecule has 1 aliphatic rings. The number of nitrogens with one attached hydrogen (secondary N) is 1. The van der Waals surface area contributed by atoms with Gasteiger partial charge in [-0.25, -0.2) is 0 Å². The Labute approximate surface area is 158 Å². The van der Waals surface area contributed by atoms with Gasteiger partial charge in [0.05, 0.1) is 5.75 Å².